The summed E-state index contributed by atoms with van der Waals surface area (Å²) in [5.74, 6) is -0.148. The Morgan fingerprint density at radius 1 is 1.29 bits per heavy atom. The molecule has 21 heavy (non-hydrogen) atoms. The lowest BCUT2D eigenvalue weighted by Gasteiger charge is -2.07. The molecule has 0 saturated heterocycles. The standard InChI is InChI=1S/C14H13N5O2/c1-21-14-16-8-10(9-17-14)18-13(20)7-11-3-2-4-12-15-5-6-19(11)12/h2-6,8-9H,7H2,1H3,(H,18,20). The summed E-state index contributed by atoms with van der Waals surface area (Å²) < 4.78 is 6.74. The van der Waals surface area contributed by atoms with E-state index in [4.69, 9.17) is 4.74 Å². The number of fused-ring (bicyclic) bond motifs is 1. The van der Waals surface area contributed by atoms with Gasteiger partial charge in [-0.15, -0.1) is 0 Å². The van der Waals surface area contributed by atoms with Crippen molar-refractivity contribution in [1.29, 1.82) is 0 Å². The second-order valence-corrected chi connectivity index (χ2v) is 4.36. The Bertz CT molecular complexity index is 766. The summed E-state index contributed by atoms with van der Waals surface area (Å²) in [6, 6.07) is 5.91. The van der Waals surface area contributed by atoms with Crippen LogP contribution in [-0.4, -0.2) is 32.4 Å². The second-order valence-electron chi connectivity index (χ2n) is 4.36. The van der Waals surface area contributed by atoms with Crippen LogP contribution in [0.25, 0.3) is 5.65 Å². The van der Waals surface area contributed by atoms with E-state index in [-0.39, 0.29) is 18.3 Å². The van der Waals surface area contributed by atoms with E-state index >= 15 is 0 Å². The molecule has 0 spiro atoms. The Balaban J connectivity index is 1.72. The van der Waals surface area contributed by atoms with Crippen LogP contribution in [0.5, 0.6) is 6.01 Å². The van der Waals surface area contributed by atoms with Crippen LogP contribution in [0.4, 0.5) is 5.69 Å². The predicted molar refractivity (Wildman–Crippen MR) is 76.1 cm³/mol. The molecule has 7 nitrogen and oxygen atoms in total. The molecule has 0 bridgehead atoms. The van der Waals surface area contributed by atoms with Crippen molar-refractivity contribution in [3.05, 3.63) is 48.7 Å². The molecular weight excluding hydrogens is 270 g/mol. The molecule has 0 aliphatic carbocycles. The van der Waals surface area contributed by atoms with Gasteiger partial charge in [0.15, 0.2) is 0 Å². The lowest BCUT2D eigenvalue weighted by molar-refractivity contribution is -0.115. The molecular formula is C14H13N5O2. The minimum Gasteiger partial charge on any atom is -0.467 e. The van der Waals surface area contributed by atoms with E-state index < -0.39 is 0 Å². The number of nitrogens with zero attached hydrogens (tertiary/aromatic N) is 4. The van der Waals surface area contributed by atoms with E-state index in [1.807, 2.05) is 28.8 Å². The summed E-state index contributed by atoms with van der Waals surface area (Å²) in [6.07, 6.45) is 6.77. The van der Waals surface area contributed by atoms with Crippen molar-refractivity contribution in [2.24, 2.45) is 0 Å². The van der Waals surface area contributed by atoms with Crippen molar-refractivity contribution in [2.45, 2.75) is 6.42 Å². The van der Waals surface area contributed by atoms with Gasteiger partial charge in [0.05, 0.1) is 31.6 Å². The molecule has 3 rings (SSSR count). The molecule has 1 N–H and O–H groups in total. The van der Waals surface area contributed by atoms with Crippen LogP contribution in [-0.2, 0) is 11.2 Å². The largest absolute Gasteiger partial charge is 0.467 e. The molecule has 0 atom stereocenters. The number of hydrogen-bond acceptors (Lipinski definition) is 5. The van der Waals surface area contributed by atoms with Crippen LogP contribution in [0.15, 0.2) is 43.0 Å². The van der Waals surface area contributed by atoms with E-state index in [9.17, 15) is 4.79 Å². The third-order valence-corrected chi connectivity index (χ3v) is 2.95. The molecule has 0 unspecified atom stereocenters. The van der Waals surface area contributed by atoms with Gasteiger partial charge in [0.2, 0.25) is 5.91 Å². The van der Waals surface area contributed by atoms with Crippen molar-refractivity contribution < 1.29 is 9.53 Å². The van der Waals surface area contributed by atoms with Crippen LogP contribution >= 0.6 is 0 Å². The summed E-state index contributed by atoms with van der Waals surface area (Å²) in [5.41, 5.74) is 2.20. The summed E-state index contributed by atoms with van der Waals surface area (Å²) in [6.45, 7) is 0. The van der Waals surface area contributed by atoms with E-state index in [0.29, 0.717) is 5.69 Å². The zero-order valence-electron chi connectivity index (χ0n) is 11.4. The van der Waals surface area contributed by atoms with E-state index in [0.717, 1.165) is 11.3 Å². The number of carbonyl (C=O) groups is 1. The zero-order valence-corrected chi connectivity index (χ0v) is 11.4. The van der Waals surface area contributed by atoms with Crippen molar-refractivity contribution in [2.75, 3.05) is 12.4 Å². The molecule has 3 aromatic heterocycles. The van der Waals surface area contributed by atoms with E-state index in [1.54, 1.807) is 6.20 Å². The number of carbonyl (C=O) groups excluding carboxylic acids is 1. The van der Waals surface area contributed by atoms with Crippen LogP contribution in [0, 0.1) is 0 Å². The molecule has 3 aromatic rings. The minimum atomic E-state index is -0.148. The molecule has 0 aromatic carbocycles. The fraction of sp³-hybridized carbons (Fsp3) is 0.143. The maximum absolute atomic E-state index is 12.1. The Labute approximate surface area is 120 Å². The van der Waals surface area contributed by atoms with Crippen LogP contribution < -0.4 is 10.1 Å². The van der Waals surface area contributed by atoms with Gasteiger partial charge < -0.3 is 14.5 Å². The average molecular weight is 283 g/mol. The van der Waals surface area contributed by atoms with Gasteiger partial charge in [-0.2, -0.15) is 0 Å². The smallest absolute Gasteiger partial charge is 0.316 e. The number of aromatic nitrogens is 4. The molecule has 1 amide bonds. The van der Waals surface area contributed by atoms with Crippen molar-refractivity contribution in [3.8, 4) is 6.01 Å². The lowest BCUT2D eigenvalue weighted by Crippen LogP contribution is -2.16. The lowest BCUT2D eigenvalue weighted by atomic mass is 10.2. The number of ether oxygens (including phenoxy) is 1. The number of nitrogens with one attached hydrogen (secondary N) is 1. The summed E-state index contributed by atoms with van der Waals surface area (Å²) in [4.78, 5) is 24.1. The van der Waals surface area contributed by atoms with Gasteiger partial charge in [0, 0.05) is 18.1 Å². The monoisotopic (exact) mass is 283 g/mol. The highest BCUT2D eigenvalue weighted by Gasteiger charge is 2.08. The first kappa shape index (κ1) is 13.0. The second kappa shape index (κ2) is 5.58. The average Bonchev–Trinajstić information content (AvgIpc) is 2.97. The number of rotatable bonds is 4. The molecule has 3 heterocycles. The first-order valence-corrected chi connectivity index (χ1v) is 6.33. The number of hydrogen-bond donors (Lipinski definition) is 1. The highest BCUT2D eigenvalue weighted by molar-refractivity contribution is 5.91. The van der Waals surface area contributed by atoms with Gasteiger partial charge in [0.1, 0.15) is 5.65 Å². The van der Waals surface area contributed by atoms with E-state index in [1.165, 1.54) is 19.5 Å². The van der Waals surface area contributed by atoms with Crippen LogP contribution in [0.1, 0.15) is 5.69 Å². The minimum absolute atomic E-state index is 0.148. The Morgan fingerprint density at radius 2 is 2.10 bits per heavy atom. The Hall–Kier alpha value is -2.96. The molecule has 0 saturated carbocycles. The third-order valence-electron chi connectivity index (χ3n) is 2.95. The molecule has 0 aliphatic rings. The van der Waals surface area contributed by atoms with Crippen molar-refractivity contribution in [1.82, 2.24) is 19.4 Å². The van der Waals surface area contributed by atoms with Gasteiger partial charge in [-0.25, -0.2) is 15.0 Å². The quantitative estimate of drug-likeness (QED) is 0.780. The number of amides is 1. The highest BCUT2D eigenvalue weighted by atomic mass is 16.5. The predicted octanol–water partition coefficient (Wildman–Crippen LogP) is 1.31. The number of imidazole rings is 1. The van der Waals surface area contributed by atoms with Gasteiger partial charge in [-0.05, 0) is 12.1 Å². The maximum Gasteiger partial charge on any atom is 0.316 e. The SMILES string of the molecule is COc1ncc(NC(=O)Cc2cccc3nccn23)cn1. The molecule has 0 radical (unpaired) electrons. The molecule has 106 valence electrons. The molecule has 0 aliphatic heterocycles. The zero-order chi connectivity index (χ0) is 14.7. The number of pyridine rings is 1. The first-order valence-electron chi connectivity index (χ1n) is 6.33. The van der Waals surface area contributed by atoms with Gasteiger partial charge in [0.25, 0.3) is 0 Å². The first-order chi connectivity index (χ1) is 10.3. The Morgan fingerprint density at radius 3 is 2.86 bits per heavy atom. The normalized spacial score (nSPS) is 10.5. The molecule has 7 heteroatoms. The van der Waals surface area contributed by atoms with E-state index in [2.05, 4.69) is 20.3 Å². The summed E-state index contributed by atoms with van der Waals surface area (Å²) in [5, 5.41) is 2.75. The number of anilines is 1. The van der Waals surface area contributed by atoms with Gasteiger partial charge in [-0.1, -0.05) is 6.07 Å². The topological polar surface area (TPSA) is 81.4 Å². The summed E-state index contributed by atoms with van der Waals surface area (Å²) >= 11 is 0. The van der Waals surface area contributed by atoms with Crippen molar-refractivity contribution >= 4 is 17.2 Å². The highest BCUT2D eigenvalue weighted by Crippen LogP contribution is 2.10. The maximum atomic E-state index is 12.1. The summed E-state index contributed by atoms with van der Waals surface area (Å²) in [7, 11) is 1.49. The van der Waals surface area contributed by atoms with Gasteiger partial charge >= 0.3 is 6.01 Å². The fourth-order valence-corrected chi connectivity index (χ4v) is 2.01. The Kier molecular flexibility index (Phi) is 3.46. The fourth-order valence-electron chi connectivity index (χ4n) is 2.01. The third kappa shape index (κ3) is 2.81. The van der Waals surface area contributed by atoms with Crippen molar-refractivity contribution in [3.63, 3.8) is 0 Å². The molecule has 0 fully saturated rings. The number of methoxy groups -OCH3 is 1. The van der Waals surface area contributed by atoms with Crippen LogP contribution in [0.3, 0.4) is 0 Å². The van der Waals surface area contributed by atoms with Crippen LogP contribution in [0.2, 0.25) is 0 Å². The van der Waals surface area contributed by atoms with Gasteiger partial charge in [-0.3, -0.25) is 4.79 Å².